The van der Waals surface area contributed by atoms with Gasteiger partial charge in [0, 0.05) is 29.7 Å². The summed E-state index contributed by atoms with van der Waals surface area (Å²) in [5.74, 6) is 0.0873. The van der Waals surface area contributed by atoms with Crippen LogP contribution in [0.5, 0.6) is 0 Å². The number of nitrogens with zero attached hydrogens (tertiary/aromatic N) is 1. The van der Waals surface area contributed by atoms with Gasteiger partial charge in [0.25, 0.3) is 0 Å². The molecule has 1 heterocycles. The number of nitrogens with one attached hydrogen (secondary N) is 1. The molecule has 0 aliphatic rings. The molecule has 1 N–H and O–H groups in total. The van der Waals surface area contributed by atoms with Gasteiger partial charge in [0.05, 0.1) is 10.9 Å². The highest BCUT2D eigenvalue weighted by Gasteiger charge is 2.08. The van der Waals surface area contributed by atoms with Crippen LogP contribution in [-0.2, 0) is 11.3 Å². The first-order valence-corrected chi connectivity index (χ1v) is 9.05. The van der Waals surface area contributed by atoms with Gasteiger partial charge in [-0.1, -0.05) is 24.9 Å². The summed E-state index contributed by atoms with van der Waals surface area (Å²) in [4.78, 5) is 15.3. The number of thiophene rings is 1. The number of benzene rings is 1. The lowest BCUT2D eigenvalue weighted by Gasteiger charge is -2.20. The van der Waals surface area contributed by atoms with Crippen molar-refractivity contribution in [2.24, 2.45) is 0 Å². The van der Waals surface area contributed by atoms with Gasteiger partial charge >= 0.3 is 0 Å². The Morgan fingerprint density at radius 3 is 2.70 bits per heavy atom. The Hall–Kier alpha value is -1.52. The van der Waals surface area contributed by atoms with Crippen molar-refractivity contribution in [3.63, 3.8) is 0 Å². The lowest BCUT2D eigenvalue weighted by atomic mass is 10.1. The van der Waals surface area contributed by atoms with Crippen molar-refractivity contribution in [3.05, 3.63) is 45.1 Å². The lowest BCUT2D eigenvalue weighted by Crippen LogP contribution is -2.16. The second kappa shape index (κ2) is 8.37. The molecule has 0 bridgehead atoms. The van der Waals surface area contributed by atoms with Gasteiger partial charge in [-0.25, -0.2) is 0 Å². The smallest absolute Gasteiger partial charge is 0.224 e. The fourth-order valence-corrected chi connectivity index (χ4v) is 3.48. The van der Waals surface area contributed by atoms with Crippen molar-refractivity contribution in [3.8, 4) is 0 Å². The van der Waals surface area contributed by atoms with Crippen LogP contribution in [0.25, 0.3) is 0 Å². The molecule has 0 fully saturated rings. The van der Waals surface area contributed by atoms with Crippen LogP contribution in [0.15, 0.2) is 30.3 Å². The first-order chi connectivity index (χ1) is 11.0. The molecule has 2 rings (SSSR count). The number of carbonyl (C=O) groups excluding carboxylic acids is 1. The molecule has 124 valence electrons. The van der Waals surface area contributed by atoms with E-state index in [1.54, 1.807) is 11.3 Å². The molecular weight excluding hydrogens is 328 g/mol. The molecule has 0 radical (unpaired) electrons. The SMILES string of the molecule is CCCCC(=O)Nc1ccc(N(C)Cc2ccc(Cl)s2)cc1C. The van der Waals surface area contributed by atoms with Crippen LogP contribution in [0.4, 0.5) is 11.4 Å². The van der Waals surface area contributed by atoms with Crippen LogP contribution in [-0.4, -0.2) is 13.0 Å². The molecule has 23 heavy (non-hydrogen) atoms. The maximum absolute atomic E-state index is 11.9. The average Bonchev–Trinajstić information content (AvgIpc) is 2.92. The molecule has 1 aromatic heterocycles. The highest BCUT2D eigenvalue weighted by molar-refractivity contribution is 7.16. The molecule has 2 aromatic rings. The minimum Gasteiger partial charge on any atom is -0.369 e. The minimum atomic E-state index is 0.0873. The van der Waals surface area contributed by atoms with E-state index in [-0.39, 0.29) is 5.91 Å². The Labute approximate surface area is 147 Å². The zero-order valence-corrected chi connectivity index (χ0v) is 15.4. The molecule has 1 aromatic carbocycles. The van der Waals surface area contributed by atoms with E-state index >= 15 is 0 Å². The first kappa shape index (κ1) is 17.8. The van der Waals surface area contributed by atoms with Gasteiger partial charge in [0.2, 0.25) is 5.91 Å². The molecule has 0 atom stereocenters. The van der Waals surface area contributed by atoms with Crippen molar-refractivity contribution in [1.82, 2.24) is 0 Å². The van der Waals surface area contributed by atoms with Crippen molar-refractivity contribution < 1.29 is 4.79 Å². The highest BCUT2D eigenvalue weighted by atomic mass is 35.5. The molecule has 5 heteroatoms. The van der Waals surface area contributed by atoms with Crippen LogP contribution >= 0.6 is 22.9 Å². The number of anilines is 2. The predicted octanol–water partition coefficient (Wildman–Crippen LogP) is 5.48. The Balaban J connectivity index is 2.01. The molecule has 1 amide bonds. The maximum atomic E-state index is 11.9. The first-order valence-electron chi connectivity index (χ1n) is 7.85. The van der Waals surface area contributed by atoms with Crippen LogP contribution in [0, 0.1) is 6.92 Å². The van der Waals surface area contributed by atoms with E-state index in [2.05, 4.69) is 36.3 Å². The van der Waals surface area contributed by atoms with Gasteiger partial charge < -0.3 is 10.2 Å². The summed E-state index contributed by atoms with van der Waals surface area (Å²) in [5, 5.41) is 2.99. The topological polar surface area (TPSA) is 32.3 Å². The van der Waals surface area contributed by atoms with Crippen molar-refractivity contribution >= 4 is 40.2 Å². The van der Waals surface area contributed by atoms with Gasteiger partial charge in [-0.3, -0.25) is 4.79 Å². The van der Waals surface area contributed by atoms with E-state index in [1.165, 1.54) is 4.88 Å². The third-order valence-corrected chi connectivity index (χ3v) is 4.92. The molecule has 0 aliphatic heterocycles. The van der Waals surface area contributed by atoms with Crippen LogP contribution < -0.4 is 10.2 Å². The molecule has 3 nitrogen and oxygen atoms in total. The Morgan fingerprint density at radius 1 is 1.30 bits per heavy atom. The highest BCUT2D eigenvalue weighted by Crippen LogP contribution is 2.26. The standard InChI is InChI=1S/C18H23ClN2OS/c1-4-5-6-18(22)20-16-9-7-14(11-13(16)2)21(3)12-15-8-10-17(19)23-15/h7-11H,4-6,12H2,1-3H3,(H,20,22). The summed E-state index contributed by atoms with van der Waals surface area (Å²) in [5.41, 5.74) is 3.09. The van der Waals surface area contributed by atoms with Crippen LogP contribution in [0.3, 0.4) is 0 Å². The summed E-state index contributed by atoms with van der Waals surface area (Å²) in [6.07, 6.45) is 2.54. The van der Waals surface area contributed by atoms with Gasteiger partial charge in [-0.15, -0.1) is 11.3 Å². The van der Waals surface area contributed by atoms with E-state index in [9.17, 15) is 4.79 Å². The van der Waals surface area contributed by atoms with Crippen molar-refractivity contribution in [1.29, 1.82) is 0 Å². The quantitative estimate of drug-likeness (QED) is 0.717. The number of carbonyl (C=O) groups is 1. The number of hydrogen-bond donors (Lipinski definition) is 1. The normalized spacial score (nSPS) is 10.6. The number of halogens is 1. The summed E-state index contributed by atoms with van der Waals surface area (Å²) in [6.45, 7) is 4.93. The second-order valence-corrected chi connectivity index (χ2v) is 7.51. The number of aryl methyl sites for hydroxylation is 1. The van der Waals surface area contributed by atoms with Gasteiger partial charge in [0.15, 0.2) is 0 Å². The Kier molecular flexibility index (Phi) is 6.48. The third-order valence-electron chi connectivity index (χ3n) is 3.70. The van der Waals surface area contributed by atoms with E-state index < -0.39 is 0 Å². The lowest BCUT2D eigenvalue weighted by molar-refractivity contribution is -0.116. The largest absolute Gasteiger partial charge is 0.369 e. The van der Waals surface area contributed by atoms with E-state index in [1.807, 2.05) is 25.1 Å². The van der Waals surface area contributed by atoms with Crippen molar-refractivity contribution in [2.45, 2.75) is 39.7 Å². The minimum absolute atomic E-state index is 0.0873. The van der Waals surface area contributed by atoms with Gasteiger partial charge in [-0.05, 0) is 49.2 Å². The monoisotopic (exact) mass is 350 g/mol. The Bertz CT molecular complexity index is 669. The molecule has 0 unspecified atom stereocenters. The Morgan fingerprint density at radius 2 is 2.09 bits per heavy atom. The molecule has 0 saturated carbocycles. The van der Waals surface area contributed by atoms with Crippen molar-refractivity contribution in [2.75, 3.05) is 17.3 Å². The average molecular weight is 351 g/mol. The van der Waals surface area contributed by atoms with E-state index in [0.717, 1.165) is 40.7 Å². The number of hydrogen-bond acceptors (Lipinski definition) is 3. The number of unbranched alkanes of at least 4 members (excludes halogenated alkanes) is 1. The number of amides is 1. The zero-order chi connectivity index (χ0) is 16.8. The summed E-state index contributed by atoms with van der Waals surface area (Å²) < 4.78 is 0.815. The summed E-state index contributed by atoms with van der Waals surface area (Å²) in [6, 6.07) is 10.1. The molecule has 0 saturated heterocycles. The number of rotatable bonds is 7. The summed E-state index contributed by atoms with van der Waals surface area (Å²) in [7, 11) is 2.06. The summed E-state index contributed by atoms with van der Waals surface area (Å²) >= 11 is 7.58. The molecular formula is C18H23ClN2OS. The third kappa shape index (κ3) is 5.26. The molecule has 0 aliphatic carbocycles. The van der Waals surface area contributed by atoms with Gasteiger partial charge in [-0.2, -0.15) is 0 Å². The zero-order valence-electron chi connectivity index (χ0n) is 13.9. The molecule has 0 spiro atoms. The van der Waals surface area contributed by atoms with E-state index in [0.29, 0.717) is 6.42 Å². The van der Waals surface area contributed by atoms with Gasteiger partial charge in [0.1, 0.15) is 0 Å². The van der Waals surface area contributed by atoms with E-state index in [4.69, 9.17) is 11.6 Å². The van der Waals surface area contributed by atoms with Crippen LogP contribution in [0.2, 0.25) is 4.34 Å². The fraction of sp³-hybridized carbons (Fsp3) is 0.389. The maximum Gasteiger partial charge on any atom is 0.224 e. The fourth-order valence-electron chi connectivity index (χ4n) is 2.34. The van der Waals surface area contributed by atoms with Crippen LogP contribution in [0.1, 0.15) is 36.6 Å². The predicted molar refractivity (Wildman–Crippen MR) is 101 cm³/mol. The second-order valence-electron chi connectivity index (χ2n) is 5.71.